The highest BCUT2D eigenvalue weighted by Gasteiger charge is 2.24. The maximum atomic E-state index is 10.1. The second-order valence-corrected chi connectivity index (χ2v) is 17.2. The fraction of sp³-hybridized carbons (Fsp3) is 0. The minimum Gasteiger partial charge on any atom is -0.309 e. The third kappa shape index (κ3) is 7.13. The van der Waals surface area contributed by atoms with Crippen LogP contribution in [0.5, 0.6) is 0 Å². The largest absolute Gasteiger partial charge is 0.309 e. The molecule has 10 heteroatoms. The van der Waals surface area contributed by atoms with Gasteiger partial charge in [-0.1, -0.05) is 84.9 Å². The number of fused-ring (bicyclic) bond motifs is 6. The molecule has 9 aromatic carbocycles. The third-order valence-electron chi connectivity index (χ3n) is 13.1. The van der Waals surface area contributed by atoms with Crippen LogP contribution in [0, 0.1) is 56.7 Å². The Labute approximate surface area is 412 Å². The first kappa shape index (κ1) is 42.4. The van der Waals surface area contributed by atoms with Gasteiger partial charge in [-0.25, -0.2) is 15.0 Å². The fourth-order valence-corrected chi connectivity index (χ4v) is 9.73. The fourth-order valence-electron chi connectivity index (χ4n) is 9.73. The van der Waals surface area contributed by atoms with Crippen LogP contribution in [0.25, 0.3) is 111 Å². The molecule has 0 aliphatic rings. The van der Waals surface area contributed by atoms with E-state index < -0.39 is 0 Å². The van der Waals surface area contributed by atoms with Gasteiger partial charge in [-0.3, -0.25) is 0 Å². The Balaban J connectivity index is 1.20. The number of benzene rings is 9. The van der Waals surface area contributed by atoms with Crippen LogP contribution in [0.4, 0.5) is 0 Å². The molecular weight excluding hydrogens is 885 g/mol. The summed E-state index contributed by atoms with van der Waals surface area (Å²) in [7, 11) is 0. The van der Waals surface area contributed by atoms with Crippen molar-refractivity contribution in [2.24, 2.45) is 0 Å². The number of aromatic nitrogens is 5. The highest BCUT2D eigenvalue weighted by Crippen LogP contribution is 2.43. The number of nitriles is 5. The Bertz CT molecular complexity index is 4240. The van der Waals surface area contributed by atoms with Gasteiger partial charge in [-0.05, 0) is 126 Å². The standard InChI is InChI=1S/C62H32N10/c63-33-38-11-17-43(18-12-38)46-19-25-54(71-55-21-13-39(34-64)27-49(55)50-28-40(35-65)14-22-56(50)71)48(31-46)47-20-26-59(72-57-23-15-41(36-66)29-51(57)52-30-42(37-67)16-24-58(52)72)53(32-47)62-69-60(44-7-3-1-4-8-44)68-61(70-62)45-9-5-2-6-10-45/h1-32H. The summed E-state index contributed by atoms with van der Waals surface area (Å²) in [6.07, 6.45) is 0. The van der Waals surface area contributed by atoms with Crippen molar-refractivity contribution in [3.8, 4) is 98.1 Å². The third-order valence-corrected chi connectivity index (χ3v) is 13.1. The molecule has 0 aliphatic carbocycles. The van der Waals surface area contributed by atoms with Crippen LogP contribution < -0.4 is 0 Å². The molecule has 0 bridgehead atoms. The second kappa shape index (κ2) is 17.3. The molecule has 0 saturated heterocycles. The van der Waals surface area contributed by atoms with Crippen LogP contribution >= 0.6 is 0 Å². The van der Waals surface area contributed by atoms with Crippen LogP contribution in [-0.2, 0) is 0 Å². The molecule has 0 N–H and O–H groups in total. The van der Waals surface area contributed by atoms with Crippen LogP contribution in [0.2, 0.25) is 0 Å². The van der Waals surface area contributed by atoms with Gasteiger partial charge in [-0.2, -0.15) is 26.3 Å². The molecule has 0 aliphatic heterocycles. The van der Waals surface area contributed by atoms with Gasteiger partial charge in [0.25, 0.3) is 0 Å². The molecule has 0 atom stereocenters. The molecule has 330 valence electrons. The normalized spacial score (nSPS) is 11.0. The van der Waals surface area contributed by atoms with Gasteiger partial charge in [0.05, 0.1) is 91.6 Å². The van der Waals surface area contributed by atoms with Crippen molar-refractivity contribution >= 4 is 43.6 Å². The molecule has 10 nitrogen and oxygen atoms in total. The molecule has 0 amide bonds. The Morgan fingerprint density at radius 1 is 0.278 bits per heavy atom. The van der Waals surface area contributed by atoms with E-state index >= 15 is 0 Å². The highest BCUT2D eigenvalue weighted by molar-refractivity contribution is 6.12. The zero-order chi connectivity index (χ0) is 48.9. The van der Waals surface area contributed by atoms with Crippen molar-refractivity contribution in [3.05, 3.63) is 222 Å². The highest BCUT2D eigenvalue weighted by atomic mass is 15.1. The topological polar surface area (TPSA) is 167 Å². The molecule has 0 unspecified atom stereocenters. The van der Waals surface area contributed by atoms with E-state index in [1.165, 1.54) is 0 Å². The summed E-state index contributed by atoms with van der Waals surface area (Å²) in [5.41, 5.74) is 13.2. The Hall–Kier alpha value is -11.0. The van der Waals surface area contributed by atoms with E-state index in [-0.39, 0.29) is 0 Å². The predicted molar refractivity (Wildman–Crippen MR) is 279 cm³/mol. The summed E-state index contributed by atoms with van der Waals surface area (Å²) < 4.78 is 4.32. The summed E-state index contributed by atoms with van der Waals surface area (Å²) in [5, 5.41) is 53.1. The smallest absolute Gasteiger partial charge is 0.166 e. The maximum absolute atomic E-state index is 10.1. The average Bonchev–Trinajstić information content (AvgIpc) is 3.95. The van der Waals surface area contributed by atoms with Gasteiger partial charge >= 0.3 is 0 Å². The lowest BCUT2D eigenvalue weighted by Crippen LogP contribution is -2.04. The van der Waals surface area contributed by atoms with E-state index in [1.54, 1.807) is 24.3 Å². The van der Waals surface area contributed by atoms with Crippen molar-refractivity contribution in [3.63, 3.8) is 0 Å². The molecule has 3 aromatic heterocycles. The van der Waals surface area contributed by atoms with Crippen LogP contribution in [0.15, 0.2) is 194 Å². The van der Waals surface area contributed by atoms with Crippen molar-refractivity contribution in [1.29, 1.82) is 26.3 Å². The minimum absolute atomic E-state index is 0.409. The first-order chi connectivity index (χ1) is 35.4. The lowest BCUT2D eigenvalue weighted by atomic mass is 9.94. The number of rotatable bonds is 7. The van der Waals surface area contributed by atoms with Gasteiger partial charge < -0.3 is 9.13 Å². The van der Waals surface area contributed by atoms with Gasteiger partial charge in [0, 0.05) is 43.8 Å². The summed E-state index contributed by atoms with van der Waals surface area (Å²) in [5.74, 6) is 1.38. The average molecular weight is 917 g/mol. The van der Waals surface area contributed by atoms with E-state index in [2.05, 4.69) is 75.9 Å². The summed E-state index contributed by atoms with van der Waals surface area (Å²) >= 11 is 0. The molecule has 0 spiro atoms. The SMILES string of the molecule is N#Cc1ccc(-c2ccc(-n3c4ccc(C#N)cc4c4cc(C#N)ccc43)c(-c3ccc(-n4c5ccc(C#N)cc5c5cc(C#N)ccc54)c(-c4nc(-c5ccccc5)nc(-c5ccccc5)n4)c3)c2)cc1. The van der Waals surface area contributed by atoms with Crippen molar-refractivity contribution in [2.75, 3.05) is 0 Å². The maximum Gasteiger partial charge on any atom is 0.166 e. The predicted octanol–water partition coefficient (Wildman–Crippen LogP) is 13.8. The second-order valence-electron chi connectivity index (χ2n) is 17.2. The lowest BCUT2D eigenvalue weighted by Gasteiger charge is -2.19. The molecule has 3 heterocycles. The first-order valence-electron chi connectivity index (χ1n) is 22.9. The summed E-state index contributed by atoms with van der Waals surface area (Å²) in [6.45, 7) is 0. The Morgan fingerprint density at radius 3 is 1.04 bits per heavy atom. The molecular formula is C62H32N10. The molecule has 72 heavy (non-hydrogen) atoms. The van der Waals surface area contributed by atoms with Crippen molar-refractivity contribution in [1.82, 2.24) is 24.1 Å². The van der Waals surface area contributed by atoms with Gasteiger partial charge in [0.2, 0.25) is 0 Å². The lowest BCUT2D eigenvalue weighted by molar-refractivity contribution is 1.06. The van der Waals surface area contributed by atoms with E-state index in [1.807, 2.05) is 133 Å². The Morgan fingerprint density at radius 2 is 0.625 bits per heavy atom. The molecule has 0 radical (unpaired) electrons. The van der Waals surface area contributed by atoms with Gasteiger partial charge in [-0.15, -0.1) is 0 Å². The number of hydrogen-bond acceptors (Lipinski definition) is 8. The quantitative estimate of drug-likeness (QED) is 0.152. The van der Waals surface area contributed by atoms with Crippen LogP contribution in [0.3, 0.4) is 0 Å². The van der Waals surface area contributed by atoms with E-state index in [0.717, 1.165) is 88.4 Å². The van der Waals surface area contributed by atoms with Crippen molar-refractivity contribution in [2.45, 2.75) is 0 Å². The zero-order valence-corrected chi connectivity index (χ0v) is 37.9. The number of nitrogens with zero attached hydrogens (tertiary/aromatic N) is 10. The molecule has 12 rings (SSSR count). The van der Waals surface area contributed by atoms with E-state index in [0.29, 0.717) is 50.9 Å². The van der Waals surface area contributed by atoms with Crippen LogP contribution in [-0.4, -0.2) is 24.1 Å². The van der Waals surface area contributed by atoms with E-state index in [4.69, 9.17) is 15.0 Å². The van der Waals surface area contributed by atoms with E-state index in [9.17, 15) is 26.3 Å². The summed E-state index contributed by atoms with van der Waals surface area (Å²) in [4.78, 5) is 15.6. The molecule has 12 aromatic rings. The first-order valence-corrected chi connectivity index (χ1v) is 22.9. The number of hydrogen-bond donors (Lipinski definition) is 0. The molecule has 0 fully saturated rings. The van der Waals surface area contributed by atoms with Crippen LogP contribution in [0.1, 0.15) is 27.8 Å². The zero-order valence-electron chi connectivity index (χ0n) is 37.9. The Kier molecular flexibility index (Phi) is 10.2. The van der Waals surface area contributed by atoms with Gasteiger partial charge in [0.1, 0.15) is 0 Å². The summed E-state index contributed by atoms with van der Waals surface area (Å²) in [6, 6.07) is 73.5. The molecule has 0 saturated carbocycles. The van der Waals surface area contributed by atoms with Crippen molar-refractivity contribution < 1.29 is 0 Å². The minimum atomic E-state index is 0.409. The monoisotopic (exact) mass is 916 g/mol. The van der Waals surface area contributed by atoms with Gasteiger partial charge in [0.15, 0.2) is 17.5 Å².